The number of benzene rings is 2. The van der Waals surface area contributed by atoms with Crippen LogP contribution in [0.25, 0.3) is 10.9 Å². The van der Waals surface area contributed by atoms with E-state index in [0.29, 0.717) is 17.2 Å². The summed E-state index contributed by atoms with van der Waals surface area (Å²) in [4.78, 5) is 18.9. The van der Waals surface area contributed by atoms with E-state index in [9.17, 15) is 4.79 Å². The van der Waals surface area contributed by atoms with Gasteiger partial charge in [-0.25, -0.2) is 4.79 Å². The van der Waals surface area contributed by atoms with Crippen LogP contribution in [0.1, 0.15) is 28.4 Å². The van der Waals surface area contributed by atoms with Gasteiger partial charge in [0.1, 0.15) is 0 Å². The maximum absolute atomic E-state index is 12.1. The van der Waals surface area contributed by atoms with Gasteiger partial charge in [-0.2, -0.15) is 0 Å². The van der Waals surface area contributed by atoms with Crippen LogP contribution in [0.4, 0.5) is 5.69 Å². The van der Waals surface area contributed by atoms with Crippen molar-refractivity contribution in [2.45, 2.75) is 19.9 Å². The number of pyridine rings is 1. The fourth-order valence-corrected chi connectivity index (χ4v) is 3.71. The van der Waals surface area contributed by atoms with Gasteiger partial charge < -0.3 is 9.64 Å². The number of ether oxygens (including phenoxy) is 1. The van der Waals surface area contributed by atoms with Gasteiger partial charge in [0.2, 0.25) is 0 Å². The van der Waals surface area contributed by atoms with Gasteiger partial charge in [-0.3, -0.25) is 4.98 Å². The van der Waals surface area contributed by atoms with Gasteiger partial charge in [0.25, 0.3) is 0 Å². The minimum absolute atomic E-state index is 0.308. The molecule has 0 N–H and O–H groups in total. The van der Waals surface area contributed by atoms with E-state index in [4.69, 9.17) is 16.3 Å². The van der Waals surface area contributed by atoms with Crippen molar-refractivity contribution in [3.05, 3.63) is 70.4 Å². The number of esters is 1. The molecule has 1 aromatic heterocycles. The fourth-order valence-electron chi connectivity index (χ4n) is 3.43. The average molecular weight is 367 g/mol. The fraction of sp³-hybridized carbons (Fsp3) is 0.238. The van der Waals surface area contributed by atoms with E-state index in [1.807, 2.05) is 6.07 Å². The van der Waals surface area contributed by atoms with Crippen LogP contribution < -0.4 is 4.90 Å². The van der Waals surface area contributed by atoms with E-state index >= 15 is 0 Å². The zero-order chi connectivity index (χ0) is 18.1. The molecule has 26 heavy (non-hydrogen) atoms. The molecule has 4 rings (SSSR count). The van der Waals surface area contributed by atoms with Gasteiger partial charge >= 0.3 is 5.97 Å². The molecule has 0 spiro atoms. The Morgan fingerprint density at radius 1 is 1.27 bits per heavy atom. The molecule has 3 aromatic rings. The Kier molecular flexibility index (Phi) is 4.51. The van der Waals surface area contributed by atoms with E-state index in [0.717, 1.165) is 36.1 Å². The Hall–Kier alpha value is -2.59. The average Bonchev–Trinajstić information content (AvgIpc) is 3.03. The van der Waals surface area contributed by atoms with Crippen molar-refractivity contribution in [1.29, 1.82) is 0 Å². The summed E-state index contributed by atoms with van der Waals surface area (Å²) in [5.74, 6) is -0.437. The van der Waals surface area contributed by atoms with Crippen LogP contribution in [0, 0.1) is 0 Å². The number of anilines is 1. The first-order valence-corrected chi connectivity index (χ1v) is 9.12. The second-order valence-electron chi connectivity index (χ2n) is 6.36. The first-order chi connectivity index (χ1) is 12.7. The molecular weight excluding hydrogens is 348 g/mol. The lowest BCUT2D eigenvalue weighted by atomic mass is 10.1. The molecule has 0 saturated heterocycles. The highest BCUT2D eigenvalue weighted by atomic mass is 35.5. The summed E-state index contributed by atoms with van der Waals surface area (Å²) in [5.41, 5.74) is 4.81. The maximum atomic E-state index is 12.1. The Balaban J connectivity index is 1.74. The number of rotatable bonds is 4. The van der Waals surface area contributed by atoms with E-state index in [1.54, 1.807) is 6.92 Å². The van der Waals surface area contributed by atoms with Crippen LogP contribution in [0.3, 0.4) is 0 Å². The van der Waals surface area contributed by atoms with Crippen molar-refractivity contribution in [1.82, 2.24) is 4.98 Å². The third-order valence-electron chi connectivity index (χ3n) is 4.71. The normalized spacial score (nSPS) is 13.1. The maximum Gasteiger partial charge on any atom is 0.341 e. The number of carbonyl (C=O) groups excluding carboxylic acids is 1. The second-order valence-corrected chi connectivity index (χ2v) is 6.74. The van der Waals surface area contributed by atoms with Crippen LogP contribution in [-0.2, 0) is 17.7 Å². The summed E-state index contributed by atoms with van der Waals surface area (Å²) < 4.78 is 5.08. The summed E-state index contributed by atoms with van der Waals surface area (Å²) in [6.45, 7) is 3.89. The first kappa shape index (κ1) is 16.9. The van der Waals surface area contributed by atoms with E-state index < -0.39 is 5.97 Å². The van der Waals surface area contributed by atoms with Gasteiger partial charge in [-0.15, -0.1) is 0 Å². The smallest absolute Gasteiger partial charge is 0.341 e. The van der Waals surface area contributed by atoms with E-state index in [2.05, 4.69) is 46.3 Å². The third kappa shape index (κ3) is 3.01. The van der Waals surface area contributed by atoms with Crippen LogP contribution >= 0.6 is 11.6 Å². The highest BCUT2D eigenvalue weighted by Gasteiger charge is 2.22. The Bertz CT molecular complexity index is 973. The number of nitrogens with zero attached hydrogens (tertiary/aromatic N) is 2. The number of halogens is 1. The van der Waals surface area contributed by atoms with Crippen LogP contribution in [0.2, 0.25) is 5.02 Å². The van der Waals surface area contributed by atoms with Gasteiger partial charge in [-0.1, -0.05) is 41.9 Å². The molecule has 0 radical (unpaired) electrons. The topological polar surface area (TPSA) is 42.4 Å². The predicted octanol–water partition coefficient (Wildman–Crippen LogP) is 4.63. The van der Waals surface area contributed by atoms with Crippen LogP contribution in [0.15, 0.2) is 48.7 Å². The molecule has 1 aliphatic heterocycles. The number of hydrogen-bond acceptors (Lipinski definition) is 4. The summed E-state index contributed by atoms with van der Waals surface area (Å²) in [7, 11) is 0. The van der Waals surface area contributed by atoms with Crippen molar-refractivity contribution >= 4 is 34.2 Å². The monoisotopic (exact) mass is 366 g/mol. The van der Waals surface area contributed by atoms with E-state index in [-0.39, 0.29) is 0 Å². The Labute approximate surface area is 157 Å². The lowest BCUT2D eigenvalue weighted by molar-refractivity contribution is 0.0526. The third-order valence-corrected chi connectivity index (χ3v) is 5.11. The summed E-state index contributed by atoms with van der Waals surface area (Å²) in [5, 5.41) is 1.19. The Morgan fingerprint density at radius 3 is 2.85 bits per heavy atom. The van der Waals surface area contributed by atoms with Crippen molar-refractivity contribution in [3.63, 3.8) is 0 Å². The molecule has 2 aromatic carbocycles. The molecule has 0 atom stereocenters. The minimum atomic E-state index is -0.437. The molecular formula is C21H19ClN2O2. The lowest BCUT2D eigenvalue weighted by Gasteiger charge is -2.20. The summed E-state index contributed by atoms with van der Waals surface area (Å²) >= 11 is 6.52. The van der Waals surface area contributed by atoms with Gasteiger partial charge in [0.15, 0.2) is 0 Å². The number of hydrogen-bond donors (Lipinski definition) is 0. The number of fused-ring (bicyclic) bond motifs is 2. The highest BCUT2D eigenvalue weighted by Crippen LogP contribution is 2.36. The van der Waals surface area contributed by atoms with Crippen molar-refractivity contribution < 1.29 is 9.53 Å². The molecule has 0 unspecified atom stereocenters. The molecule has 132 valence electrons. The minimum Gasteiger partial charge on any atom is -0.462 e. The van der Waals surface area contributed by atoms with Crippen LogP contribution in [-0.4, -0.2) is 24.1 Å². The predicted molar refractivity (Wildman–Crippen MR) is 104 cm³/mol. The zero-order valence-corrected chi connectivity index (χ0v) is 15.3. The largest absolute Gasteiger partial charge is 0.462 e. The highest BCUT2D eigenvalue weighted by molar-refractivity contribution is 6.38. The van der Waals surface area contributed by atoms with Gasteiger partial charge in [0, 0.05) is 30.4 Å². The standard InChI is InChI=1S/C21H19ClN2O2/c1-2-26-21(25)17-12-23-18-10-15-8-9-24(13-14-6-4-3-5-7-14)19(15)11-16(18)20(17)22/h3-7,10-12H,2,8-9,13H2,1H3. The van der Waals surface area contributed by atoms with Crippen molar-refractivity contribution in [3.8, 4) is 0 Å². The molecule has 0 fully saturated rings. The molecule has 0 amide bonds. The number of carbonyl (C=O) groups is 1. The molecule has 0 saturated carbocycles. The number of aromatic nitrogens is 1. The Morgan fingerprint density at radius 2 is 2.08 bits per heavy atom. The van der Waals surface area contributed by atoms with Crippen molar-refractivity contribution in [2.24, 2.45) is 0 Å². The van der Waals surface area contributed by atoms with Gasteiger partial charge in [0.05, 0.1) is 22.7 Å². The zero-order valence-electron chi connectivity index (χ0n) is 14.5. The molecule has 0 aliphatic carbocycles. The van der Waals surface area contributed by atoms with Crippen molar-refractivity contribution in [2.75, 3.05) is 18.1 Å². The summed E-state index contributed by atoms with van der Waals surface area (Å²) in [6, 6.07) is 14.5. The van der Waals surface area contributed by atoms with Gasteiger partial charge in [-0.05, 0) is 36.6 Å². The first-order valence-electron chi connectivity index (χ1n) is 8.74. The molecule has 5 heteroatoms. The SMILES string of the molecule is CCOC(=O)c1cnc2cc3c(cc2c1Cl)N(Cc1ccccc1)CC3. The molecule has 4 nitrogen and oxygen atoms in total. The molecule has 0 bridgehead atoms. The van der Waals surface area contributed by atoms with Crippen LogP contribution in [0.5, 0.6) is 0 Å². The molecule has 1 aliphatic rings. The quantitative estimate of drug-likeness (QED) is 0.631. The summed E-state index contributed by atoms with van der Waals surface area (Å²) in [6.07, 6.45) is 2.49. The van der Waals surface area contributed by atoms with E-state index in [1.165, 1.54) is 17.3 Å². The second kappa shape index (κ2) is 6.96. The molecule has 2 heterocycles. The lowest BCUT2D eigenvalue weighted by Crippen LogP contribution is -2.19.